The first-order chi connectivity index (χ1) is 9.04. The van der Waals surface area contributed by atoms with Gasteiger partial charge < -0.3 is 5.73 Å². The van der Waals surface area contributed by atoms with Crippen LogP contribution >= 0.6 is 11.6 Å². The van der Waals surface area contributed by atoms with E-state index in [0.717, 1.165) is 24.2 Å². The van der Waals surface area contributed by atoms with Crippen molar-refractivity contribution in [3.8, 4) is 0 Å². The van der Waals surface area contributed by atoms with Crippen molar-refractivity contribution >= 4 is 17.3 Å². The number of anilines is 1. The number of hydrogen-bond donors (Lipinski definition) is 1. The first-order valence-electron chi connectivity index (χ1n) is 6.01. The molecule has 0 radical (unpaired) electrons. The fourth-order valence-corrected chi connectivity index (χ4v) is 2.14. The van der Waals surface area contributed by atoms with Crippen LogP contribution in [0.4, 0.5) is 10.1 Å². The Morgan fingerprint density at radius 3 is 2.26 bits per heavy atom. The Morgan fingerprint density at radius 1 is 1.05 bits per heavy atom. The first-order valence-corrected chi connectivity index (χ1v) is 6.39. The van der Waals surface area contributed by atoms with Gasteiger partial charge in [-0.15, -0.1) is 0 Å². The van der Waals surface area contributed by atoms with Gasteiger partial charge in [0, 0.05) is 13.1 Å². The van der Waals surface area contributed by atoms with Crippen molar-refractivity contribution in [3.05, 3.63) is 64.4 Å². The monoisotopic (exact) mass is 278 g/mol. The molecule has 0 aliphatic rings. The lowest BCUT2D eigenvalue weighted by molar-refractivity contribution is 0.319. The van der Waals surface area contributed by atoms with E-state index < -0.39 is 0 Å². The van der Waals surface area contributed by atoms with Crippen LogP contribution in [0.15, 0.2) is 42.5 Å². The van der Waals surface area contributed by atoms with Crippen molar-refractivity contribution in [2.75, 3.05) is 12.8 Å². The molecule has 2 N–H and O–H groups in total. The number of nitrogen functional groups attached to an aromatic ring is 1. The van der Waals surface area contributed by atoms with Gasteiger partial charge in [-0.3, -0.25) is 4.90 Å². The molecule has 0 fully saturated rings. The van der Waals surface area contributed by atoms with Gasteiger partial charge in [-0.05, 0) is 42.4 Å². The van der Waals surface area contributed by atoms with Crippen LogP contribution in [0.2, 0.25) is 5.02 Å². The Kier molecular flexibility index (Phi) is 4.40. The standard InChI is InChI=1S/C15H16ClFN2/c1-19(9-11-2-5-13(17)6-3-11)10-12-4-7-15(18)14(16)8-12/h2-8H,9-10,18H2,1H3. The molecule has 0 aliphatic heterocycles. The molecule has 0 unspecified atom stereocenters. The van der Waals surface area contributed by atoms with Gasteiger partial charge in [0.05, 0.1) is 10.7 Å². The van der Waals surface area contributed by atoms with E-state index in [1.807, 2.05) is 25.2 Å². The molecular formula is C15H16ClFN2. The Bertz CT molecular complexity index is 555. The summed E-state index contributed by atoms with van der Waals surface area (Å²) < 4.78 is 12.8. The van der Waals surface area contributed by atoms with Crippen molar-refractivity contribution in [1.82, 2.24) is 4.90 Å². The first kappa shape index (κ1) is 13.8. The van der Waals surface area contributed by atoms with Crippen LogP contribution in [0.3, 0.4) is 0 Å². The van der Waals surface area contributed by atoms with Crippen LogP contribution in [-0.4, -0.2) is 11.9 Å². The Hall–Kier alpha value is -1.58. The van der Waals surface area contributed by atoms with Gasteiger partial charge in [-0.1, -0.05) is 29.8 Å². The zero-order chi connectivity index (χ0) is 13.8. The number of halogens is 2. The molecule has 4 heteroatoms. The van der Waals surface area contributed by atoms with Gasteiger partial charge in [0.25, 0.3) is 0 Å². The zero-order valence-corrected chi connectivity index (χ0v) is 11.5. The maximum absolute atomic E-state index is 12.8. The molecule has 19 heavy (non-hydrogen) atoms. The summed E-state index contributed by atoms with van der Waals surface area (Å²) in [7, 11) is 2.01. The lowest BCUT2D eigenvalue weighted by Crippen LogP contribution is -2.17. The fourth-order valence-electron chi connectivity index (χ4n) is 1.94. The third-order valence-corrected chi connectivity index (χ3v) is 3.21. The van der Waals surface area contributed by atoms with Crippen molar-refractivity contribution in [2.45, 2.75) is 13.1 Å². The predicted molar refractivity (Wildman–Crippen MR) is 77.4 cm³/mol. The molecule has 0 aliphatic carbocycles. The van der Waals surface area contributed by atoms with Crippen LogP contribution in [0.5, 0.6) is 0 Å². The van der Waals surface area contributed by atoms with Gasteiger partial charge in [0.1, 0.15) is 5.82 Å². The van der Waals surface area contributed by atoms with Gasteiger partial charge in [-0.25, -0.2) is 4.39 Å². The summed E-state index contributed by atoms with van der Waals surface area (Å²) in [5, 5.41) is 0.577. The average Bonchev–Trinajstić information content (AvgIpc) is 2.37. The van der Waals surface area contributed by atoms with E-state index in [9.17, 15) is 4.39 Å². The number of benzene rings is 2. The summed E-state index contributed by atoms with van der Waals surface area (Å²) in [6.45, 7) is 1.51. The molecule has 0 bridgehead atoms. The molecular weight excluding hydrogens is 263 g/mol. The fraction of sp³-hybridized carbons (Fsp3) is 0.200. The van der Waals surface area contributed by atoms with Crippen molar-refractivity contribution in [3.63, 3.8) is 0 Å². The lowest BCUT2D eigenvalue weighted by Gasteiger charge is -2.17. The van der Waals surface area contributed by atoms with Crippen LogP contribution in [-0.2, 0) is 13.1 Å². The second-order valence-electron chi connectivity index (χ2n) is 4.65. The predicted octanol–water partition coefficient (Wildman–Crippen LogP) is 3.69. The normalized spacial score (nSPS) is 10.9. The maximum Gasteiger partial charge on any atom is 0.123 e. The van der Waals surface area contributed by atoms with Gasteiger partial charge in [0.2, 0.25) is 0 Å². The van der Waals surface area contributed by atoms with Gasteiger partial charge >= 0.3 is 0 Å². The summed E-state index contributed by atoms with van der Waals surface area (Å²) in [5.74, 6) is -0.211. The molecule has 0 heterocycles. The van der Waals surface area contributed by atoms with E-state index in [2.05, 4.69) is 4.90 Å². The number of rotatable bonds is 4. The molecule has 0 saturated carbocycles. The minimum atomic E-state index is -0.211. The Balaban J connectivity index is 1.98. The Labute approximate surface area is 117 Å². The van der Waals surface area contributed by atoms with Crippen LogP contribution < -0.4 is 5.73 Å². The number of nitrogens with zero attached hydrogens (tertiary/aromatic N) is 1. The molecule has 0 saturated heterocycles. The zero-order valence-electron chi connectivity index (χ0n) is 10.7. The third kappa shape index (κ3) is 3.94. The summed E-state index contributed by atoms with van der Waals surface area (Å²) in [4.78, 5) is 2.13. The molecule has 0 amide bonds. The molecule has 2 nitrogen and oxygen atoms in total. The van der Waals surface area contributed by atoms with Crippen molar-refractivity contribution in [2.24, 2.45) is 0 Å². The minimum absolute atomic E-state index is 0.211. The van der Waals surface area contributed by atoms with Crippen molar-refractivity contribution in [1.29, 1.82) is 0 Å². The van der Waals surface area contributed by atoms with E-state index in [4.69, 9.17) is 17.3 Å². The lowest BCUT2D eigenvalue weighted by atomic mass is 10.1. The maximum atomic E-state index is 12.8. The molecule has 2 rings (SSSR count). The number of hydrogen-bond acceptors (Lipinski definition) is 2. The summed E-state index contributed by atoms with van der Waals surface area (Å²) in [6, 6.07) is 12.2. The highest BCUT2D eigenvalue weighted by Gasteiger charge is 2.04. The van der Waals surface area contributed by atoms with Crippen LogP contribution in [0, 0.1) is 5.82 Å². The van der Waals surface area contributed by atoms with E-state index in [1.54, 1.807) is 12.1 Å². The largest absolute Gasteiger partial charge is 0.398 e. The van der Waals surface area contributed by atoms with Gasteiger partial charge in [-0.2, -0.15) is 0 Å². The average molecular weight is 279 g/mol. The summed E-state index contributed by atoms with van der Waals surface area (Å²) in [5.41, 5.74) is 8.44. The van der Waals surface area contributed by atoms with E-state index in [0.29, 0.717) is 10.7 Å². The Morgan fingerprint density at radius 2 is 1.63 bits per heavy atom. The topological polar surface area (TPSA) is 29.3 Å². The smallest absolute Gasteiger partial charge is 0.123 e. The van der Waals surface area contributed by atoms with Crippen LogP contribution in [0.1, 0.15) is 11.1 Å². The molecule has 0 spiro atoms. The van der Waals surface area contributed by atoms with E-state index in [-0.39, 0.29) is 5.82 Å². The highest BCUT2D eigenvalue weighted by atomic mass is 35.5. The van der Waals surface area contributed by atoms with Crippen LogP contribution in [0.25, 0.3) is 0 Å². The molecule has 2 aromatic carbocycles. The quantitative estimate of drug-likeness (QED) is 0.864. The second-order valence-corrected chi connectivity index (χ2v) is 5.06. The molecule has 0 aromatic heterocycles. The SMILES string of the molecule is CN(Cc1ccc(F)cc1)Cc1ccc(N)c(Cl)c1. The minimum Gasteiger partial charge on any atom is -0.398 e. The molecule has 2 aromatic rings. The molecule has 100 valence electrons. The van der Waals surface area contributed by atoms with E-state index >= 15 is 0 Å². The highest BCUT2D eigenvalue weighted by molar-refractivity contribution is 6.33. The summed E-state index contributed by atoms with van der Waals surface area (Å²) >= 11 is 5.99. The summed E-state index contributed by atoms with van der Waals surface area (Å²) in [6.07, 6.45) is 0. The third-order valence-electron chi connectivity index (χ3n) is 2.88. The van der Waals surface area contributed by atoms with Gasteiger partial charge in [0.15, 0.2) is 0 Å². The second kappa shape index (κ2) is 6.04. The number of nitrogens with two attached hydrogens (primary N) is 1. The molecule has 0 atom stereocenters. The van der Waals surface area contributed by atoms with Crippen molar-refractivity contribution < 1.29 is 4.39 Å². The van der Waals surface area contributed by atoms with E-state index in [1.165, 1.54) is 12.1 Å². The highest BCUT2D eigenvalue weighted by Crippen LogP contribution is 2.20.